The Kier molecular flexibility index (Phi) is 10.4. The van der Waals surface area contributed by atoms with Gasteiger partial charge in [-0.1, -0.05) is 32.6 Å². The maximum atomic E-state index is 11.3. The molecule has 0 saturated heterocycles. The van der Waals surface area contributed by atoms with Crippen molar-refractivity contribution in [2.45, 2.75) is 58.8 Å². The molecule has 0 saturated carbocycles. The lowest BCUT2D eigenvalue weighted by atomic mass is 10.1. The zero-order valence-electron chi connectivity index (χ0n) is 10.1. The molecule has 0 spiro atoms. The summed E-state index contributed by atoms with van der Waals surface area (Å²) in [6.07, 6.45) is 7.42. The van der Waals surface area contributed by atoms with Crippen molar-refractivity contribution >= 4 is 5.91 Å². The molecule has 0 aliphatic carbocycles. The van der Waals surface area contributed by atoms with E-state index >= 15 is 0 Å². The van der Waals surface area contributed by atoms with Crippen LogP contribution < -0.4 is 5.32 Å². The van der Waals surface area contributed by atoms with E-state index in [1.807, 2.05) is 6.92 Å². The molecule has 0 aliphatic heterocycles. The predicted molar refractivity (Wildman–Crippen MR) is 64.5 cm³/mol. The summed E-state index contributed by atoms with van der Waals surface area (Å²) in [6.45, 7) is 4.70. The van der Waals surface area contributed by atoms with Gasteiger partial charge in [0, 0.05) is 19.4 Å². The molecule has 2 heteroatoms. The Hall–Kier alpha value is -0.970. The molecule has 86 valence electrons. The Morgan fingerprint density at radius 1 is 1.20 bits per heavy atom. The van der Waals surface area contributed by atoms with Crippen molar-refractivity contribution in [3.63, 3.8) is 0 Å². The smallest absolute Gasteiger partial charge is 0.220 e. The Bertz CT molecular complexity index is 212. The molecule has 0 aromatic carbocycles. The first-order valence-electron chi connectivity index (χ1n) is 5.97. The number of carbonyl (C=O) groups is 1. The molecular weight excluding hydrogens is 186 g/mol. The van der Waals surface area contributed by atoms with E-state index in [1.165, 1.54) is 25.7 Å². The molecule has 0 aromatic rings. The van der Waals surface area contributed by atoms with Crippen LogP contribution in [0.4, 0.5) is 0 Å². The number of hydrogen-bond donors (Lipinski definition) is 1. The Morgan fingerprint density at radius 2 is 1.93 bits per heavy atom. The number of hydrogen-bond acceptors (Lipinski definition) is 1. The predicted octanol–water partition coefficient (Wildman–Crippen LogP) is 2.88. The van der Waals surface area contributed by atoms with Crippen LogP contribution in [-0.4, -0.2) is 12.5 Å². The quantitative estimate of drug-likeness (QED) is 0.483. The summed E-state index contributed by atoms with van der Waals surface area (Å²) in [4.78, 5) is 11.3. The number of rotatable bonds is 8. The lowest BCUT2D eigenvalue weighted by Gasteiger charge is -2.02. The molecule has 1 amide bonds. The van der Waals surface area contributed by atoms with E-state index in [4.69, 9.17) is 0 Å². The first-order valence-corrected chi connectivity index (χ1v) is 5.97. The minimum Gasteiger partial charge on any atom is -0.355 e. The van der Waals surface area contributed by atoms with Gasteiger partial charge in [-0.3, -0.25) is 4.79 Å². The lowest BCUT2D eigenvalue weighted by Crippen LogP contribution is -2.23. The van der Waals surface area contributed by atoms with Gasteiger partial charge in [0.05, 0.1) is 0 Å². The highest BCUT2D eigenvalue weighted by Gasteiger charge is 1.98. The minimum atomic E-state index is 0.171. The van der Waals surface area contributed by atoms with Gasteiger partial charge in [-0.15, -0.1) is 11.8 Å². The molecule has 2 nitrogen and oxygen atoms in total. The fourth-order valence-electron chi connectivity index (χ4n) is 1.37. The average Bonchev–Trinajstić information content (AvgIpc) is 2.24. The average molecular weight is 209 g/mol. The van der Waals surface area contributed by atoms with E-state index in [0.29, 0.717) is 13.0 Å². The number of unbranched alkanes of at least 4 members (excludes halogenated alkanes) is 4. The molecule has 0 fully saturated rings. The van der Waals surface area contributed by atoms with Crippen LogP contribution in [0, 0.1) is 11.8 Å². The third-order valence-electron chi connectivity index (χ3n) is 2.26. The summed E-state index contributed by atoms with van der Waals surface area (Å²) in [6, 6.07) is 0. The highest BCUT2D eigenvalue weighted by molar-refractivity contribution is 5.75. The lowest BCUT2D eigenvalue weighted by molar-refractivity contribution is -0.121. The van der Waals surface area contributed by atoms with Gasteiger partial charge in [0.1, 0.15) is 0 Å². The van der Waals surface area contributed by atoms with E-state index in [1.54, 1.807) is 0 Å². The second-order valence-corrected chi connectivity index (χ2v) is 3.69. The molecular formula is C13H23NO. The standard InChI is InChI=1S/C13H23NO/c1-3-5-7-8-9-11-13(15)14-12-10-6-4-2/h3,5,7-12H2,1-2H3,(H,14,15). The first-order chi connectivity index (χ1) is 7.31. The Morgan fingerprint density at radius 3 is 2.60 bits per heavy atom. The normalized spacial score (nSPS) is 9.20. The zero-order chi connectivity index (χ0) is 11.4. The van der Waals surface area contributed by atoms with Gasteiger partial charge in [0.15, 0.2) is 0 Å². The van der Waals surface area contributed by atoms with Gasteiger partial charge in [-0.25, -0.2) is 0 Å². The van der Waals surface area contributed by atoms with Gasteiger partial charge in [0.2, 0.25) is 5.91 Å². The molecule has 0 unspecified atom stereocenters. The molecule has 0 bridgehead atoms. The highest BCUT2D eigenvalue weighted by atomic mass is 16.1. The van der Waals surface area contributed by atoms with Crippen LogP contribution in [0.5, 0.6) is 0 Å². The molecule has 0 aromatic heterocycles. The maximum Gasteiger partial charge on any atom is 0.220 e. The minimum absolute atomic E-state index is 0.171. The topological polar surface area (TPSA) is 29.1 Å². The van der Waals surface area contributed by atoms with E-state index in [0.717, 1.165) is 12.8 Å². The molecule has 0 rings (SSSR count). The highest BCUT2D eigenvalue weighted by Crippen LogP contribution is 2.04. The summed E-state index contributed by atoms with van der Waals surface area (Å²) in [5.41, 5.74) is 0. The number of carbonyl (C=O) groups excluding carboxylic acids is 1. The van der Waals surface area contributed by atoms with Crippen molar-refractivity contribution < 1.29 is 4.79 Å². The largest absolute Gasteiger partial charge is 0.355 e. The van der Waals surface area contributed by atoms with Crippen LogP contribution >= 0.6 is 0 Å². The van der Waals surface area contributed by atoms with Crippen LogP contribution in [0.15, 0.2) is 0 Å². The number of amides is 1. The van der Waals surface area contributed by atoms with Crippen molar-refractivity contribution in [2.75, 3.05) is 6.54 Å². The summed E-state index contributed by atoms with van der Waals surface area (Å²) >= 11 is 0. The second kappa shape index (κ2) is 11.1. The fraction of sp³-hybridized carbons (Fsp3) is 0.769. The van der Waals surface area contributed by atoms with Crippen LogP contribution in [-0.2, 0) is 4.79 Å². The van der Waals surface area contributed by atoms with Crippen LogP contribution in [0.3, 0.4) is 0 Å². The Labute approximate surface area is 93.8 Å². The first kappa shape index (κ1) is 14.0. The Balaban J connectivity index is 3.21. The van der Waals surface area contributed by atoms with E-state index in [-0.39, 0.29) is 5.91 Å². The molecule has 0 atom stereocenters. The SMILES string of the molecule is CC#CCCNC(=O)CCCCCCC. The van der Waals surface area contributed by atoms with Crippen LogP contribution in [0.2, 0.25) is 0 Å². The fourth-order valence-corrected chi connectivity index (χ4v) is 1.37. The molecule has 0 aliphatic rings. The van der Waals surface area contributed by atoms with Crippen molar-refractivity contribution in [3.05, 3.63) is 0 Å². The van der Waals surface area contributed by atoms with Gasteiger partial charge in [-0.2, -0.15) is 0 Å². The molecule has 1 N–H and O–H groups in total. The second-order valence-electron chi connectivity index (χ2n) is 3.69. The van der Waals surface area contributed by atoms with Crippen molar-refractivity contribution in [3.8, 4) is 11.8 Å². The molecule has 0 radical (unpaired) electrons. The van der Waals surface area contributed by atoms with Gasteiger partial charge < -0.3 is 5.32 Å². The van der Waals surface area contributed by atoms with Crippen molar-refractivity contribution in [1.29, 1.82) is 0 Å². The van der Waals surface area contributed by atoms with E-state index < -0.39 is 0 Å². The monoisotopic (exact) mass is 209 g/mol. The van der Waals surface area contributed by atoms with Crippen molar-refractivity contribution in [2.24, 2.45) is 0 Å². The third kappa shape index (κ3) is 11.0. The van der Waals surface area contributed by atoms with Crippen LogP contribution in [0.1, 0.15) is 58.8 Å². The molecule has 0 heterocycles. The zero-order valence-corrected chi connectivity index (χ0v) is 10.1. The van der Waals surface area contributed by atoms with E-state index in [9.17, 15) is 4.79 Å². The maximum absolute atomic E-state index is 11.3. The van der Waals surface area contributed by atoms with Crippen LogP contribution in [0.25, 0.3) is 0 Å². The van der Waals surface area contributed by atoms with E-state index in [2.05, 4.69) is 24.1 Å². The van der Waals surface area contributed by atoms with Gasteiger partial charge >= 0.3 is 0 Å². The van der Waals surface area contributed by atoms with Gasteiger partial charge in [-0.05, 0) is 13.3 Å². The summed E-state index contributed by atoms with van der Waals surface area (Å²) < 4.78 is 0. The summed E-state index contributed by atoms with van der Waals surface area (Å²) in [7, 11) is 0. The molecule has 15 heavy (non-hydrogen) atoms. The van der Waals surface area contributed by atoms with Crippen molar-refractivity contribution in [1.82, 2.24) is 5.32 Å². The summed E-state index contributed by atoms with van der Waals surface area (Å²) in [5.74, 6) is 5.90. The summed E-state index contributed by atoms with van der Waals surface area (Å²) in [5, 5.41) is 2.87. The van der Waals surface area contributed by atoms with Gasteiger partial charge in [0.25, 0.3) is 0 Å². The number of nitrogens with one attached hydrogen (secondary N) is 1. The third-order valence-corrected chi connectivity index (χ3v) is 2.26.